The second-order valence-electron chi connectivity index (χ2n) is 6.39. The van der Waals surface area contributed by atoms with Crippen molar-refractivity contribution in [3.8, 4) is 0 Å². The number of hydrogen-bond acceptors (Lipinski definition) is 6. The molecule has 1 aromatic heterocycles. The van der Waals surface area contributed by atoms with Crippen molar-refractivity contribution >= 4 is 33.2 Å². The van der Waals surface area contributed by atoms with Crippen LogP contribution in [-0.4, -0.2) is 49.0 Å². The van der Waals surface area contributed by atoms with Crippen molar-refractivity contribution in [3.63, 3.8) is 0 Å². The summed E-state index contributed by atoms with van der Waals surface area (Å²) in [4.78, 5) is 10.9. The van der Waals surface area contributed by atoms with Crippen LogP contribution in [0.3, 0.4) is 0 Å². The van der Waals surface area contributed by atoms with Crippen molar-refractivity contribution in [2.45, 2.75) is 25.8 Å². The van der Waals surface area contributed by atoms with Crippen LogP contribution in [0.25, 0.3) is 0 Å². The highest BCUT2D eigenvalue weighted by Crippen LogP contribution is 2.22. The van der Waals surface area contributed by atoms with Crippen LogP contribution in [0.2, 0.25) is 5.02 Å². The molecule has 0 aliphatic carbocycles. The lowest BCUT2D eigenvalue weighted by Gasteiger charge is -2.26. The molecule has 1 unspecified atom stereocenters. The quantitative estimate of drug-likeness (QED) is 0.778. The van der Waals surface area contributed by atoms with Crippen LogP contribution in [0.1, 0.15) is 18.9 Å². The Bertz CT molecular complexity index is 843. The zero-order valence-electron chi connectivity index (χ0n) is 14.7. The summed E-state index contributed by atoms with van der Waals surface area (Å²) in [6.07, 6.45) is 3.20. The zero-order valence-corrected chi connectivity index (χ0v) is 16.3. The van der Waals surface area contributed by atoms with Crippen LogP contribution in [0.4, 0.5) is 11.8 Å². The van der Waals surface area contributed by atoms with Crippen molar-refractivity contribution in [2.24, 2.45) is 0 Å². The summed E-state index contributed by atoms with van der Waals surface area (Å²) in [6.45, 7) is 3.41. The van der Waals surface area contributed by atoms with Crippen LogP contribution >= 0.6 is 11.6 Å². The van der Waals surface area contributed by atoms with E-state index in [0.717, 1.165) is 23.8 Å². The maximum atomic E-state index is 11.8. The summed E-state index contributed by atoms with van der Waals surface area (Å²) in [5, 5.41) is 4.04. The van der Waals surface area contributed by atoms with Gasteiger partial charge in [-0.25, -0.2) is 13.4 Å². The first-order valence-corrected chi connectivity index (χ1v) is 11.0. The molecular formula is C18H23ClN4O2S. The van der Waals surface area contributed by atoms with E-state index in [0.29, 0.717) is 18.9 Å². The van der Waals surface area contributed by atoms with Crippen LogP contribution in [0, 0.1) is 0 Å². The summed E-state index contributed by atoms with van der Waals surface area (Å²) in [6, 6.07) is 9.56. The highest BCUT2D eigenvalue weighted by atomic mass is 35.5. The minimum atomic E-state index is -2.94. The number of nitrogens with one attached hydrogen (secondary N) is 1. The number of anilines is 2. The smallest absolute Gasteiger partial charge is 0.227 e. The highest BCUT2D eigenvalue weighted by Gasteiger charge is 2.32. The summed E-state index contributed by atoms with van der Waals surface area (Å²) in [5.74, 6) is 1.74. The average Bonchev–Trinajstić information content (AvgIpc) is 2.97. The molecule has 2 heterocycles. The Hall–Kier alpha value is -1.86. The third-order valence-corrected chi connectivity index (χ3v) is 6.52. The number of aromatic nitrogens is 2. The van der Waals surface area contributed by atoms with E-state index in [1.807, 2.05) is 42.2 Å². The molecule has 1 aromatic carbocycles. The van der Waals surface area contributed by atoms with Gasteiger partial charge in [0.15, 0.2) is 9.84 Å². The molecule has 8 heteroatoms. The van der Waals surface area contributed by atoms with E-state index in [9.17, 15) is 8.42 Å². The van der Waals surface area contributed by atoms with E-state index in [-0.39, 0.29) is 17.5 Å². The molecule has 0 spiro atoms. The van der Waals surface area contributed by atoms with Gasteiger partial charge in [0.2, 0.25) is 5.95 Å². The predicted octanol–water partition coefficient (Wildman–Crippen LogP) is 2.80. The summed E-state index contributed by atoms with van der Waals surface area (Å²) >= 11 is 5.90. The van der Waals surface area contributed by atoms with Crippen LogP contribution in [-0.2, 0) is 16.3 Å². The van der Waals surface area contributed by atoms with Gasteiger partial charge >= 0.3 is 0 Å². The van der Waals surface area contributed by atoms with Gasteiger partial charge in [-0.3, -0.25) is 0 Å². The average molecular weight is 395 g/mol. The molecule has 1 N–H and O–H groups in total. The zero-order chi connectivity index (χ0) is 18.6. The molecule has 140 valence electrons. The maximum absolute atomic E-state index is 11.8. The monoisotopic (exact) mass is 394 g/mol. The fourth-order valence-corrected chi connectivity index (χ4v) is 5.01. The van der Waals surface area contributed by atoms with Gasteiger partial charge in [-0.05, 0) is 43.5 Å². The van der Waals surface area contributed by atoms with E-state index in [1.165, 1.54) is 5.56 Å². The lowest BCUT2D eigenvalue weighted by Crippen LogP contribution is -2.37. The second-order valence-corrected chi connectivity index (χ2v) is 9.05. The number of halogens is 1. The second kappa shape index (κ2) is 8.22. The van der Waals surface area contributed by atoms with Gasteiger partial charge in [-0.15, -0.1) is 0 Å². The molecule has 0 amide bonds. The SMILES string of the molecule is CCN(c1nccc(NCCc2ccc(Cl)cc2)n1)C1CCS(=O)(=O)C1. The molecule has 1 aliphatic heterocycles. The van der Waals surface area contributed by atoms with Crippen LogP contribution in [0.5, 0.6) is 0 Å². The molecular weight excluding hydrogens is 372 g/mol. The number of hydrogen-bond donors (Lipinski definition) is 1. The molecule has 1 saturated heterocycles. The van der Waals surface area contributed by atoms with E-state index in [2.05, 4.69) is 15.3 Å². The molecule has 1 fully saturated rings. The molecule has 0 saturated carbocycles. The third-order valence-electron chi connectivity index (χ3n) is 4.52. The molecule has 1 aliphatic rings. The number of nitrogens with zero attached hydrogens (tertiary/aromatic N) is 3. The molecule has 26 heavy (non-hydrogen) atoms. The minimum Gasteiger partial charge on any atom is -0.370 e. The van der Waals surface area contributed by atoms with Crippen LogP contribution in [0.15, 0.2) is 36.5 Å². The molecule has 0 radical (unpaired) electrons. The largest absolute Gasteiger partial charge is 0.370 e. The lowest BCUT2D eigenvalue weighted by atomic mass is 10.1. The number of rotatable bonds is 7. The van der Waals surface area contributed by atoms with Crippen LogP contribution < -0.4 is 10.2 Å². The highest BCUT2D eigenvalue weighted by molar-refractivity contribution is 7.91. The predicted molar refractivity (Wildman–Crippen MR) is 106 cm³/mol. The first kappa shape index (κ1) is 18.9. The Morgan fingerprint density at radius 3 is 2.69 bits per heavy atom. The summed E-state index contributed by atoms with van der Waals surface area (Å²) in [7, 11) is -2.94. The van der Waals surface area contributed by atoms with Gasteiger partial charge in [0.1, 0.15) is 5.82 Å². The Morgan fingerprint density at radius 2 is 2.04 bits per heavy atom. The minimum absolute atomic E-state index is 0.0469. The van der Waals surface area contributed by atoms with Gasteiger partial charge in [0, 0.05) is 30.4 Å². The topological polar surface area (TPSA) is 75.2 Å². The van der Waals surface area contributed by atoms with Crippen molar-refractivity contribution in [1.82, 2.24) is 9.97 Å². The Balaban J connectivity index is 1.62. The normalized spacial score (nSPS) is 18.6. The van der Waals surface area contributed by atoms with Crippen molar-refractivity contribution in [3.05, 3.63) is 47.1 Å². The molecule has 3 rings (SSSR count). The summed E-state index contributed by atoms with van der Waals surface area (Å²) < 4.78 is 23.5. The maximum Gasteiger partial charge on any atom is 0.227 e. The molecule has 2 aromatic rings. The van der Waals surface area contributed by atoms with Crippen molar-refractivity contribution in [1.29, 1.82) is 0 Å². The van der Waals surface area contributed by atoms with Gasteiger partial charge in [-0.1, -0.05) is 23.7 Å². The number of benzene rings is 1. The van der Waals surface area contributed by atoms with Crippen molar-refractivity contribution < 1.29 is 8.42 Å². The van der Waals surface area contributed by atoms with E-state index in [4.69, 9.17) is 11.6 Å². The van der Waals surface area contributed by atoms with E-state index in [1.54, 1.807) is 6.20 Å². The van der Waals surface area contributed by atoms with Gasteiger partial charge < -0.3 is 10.2 Å². The fraction of sp³-hybridized carbons (Fsp3) is 0.444. The lowest BCUT2D eigenvalue weighted by molar-refractivity contribution is 0.599. The standard InChI is InChI=1S/C18H23ClN4O2S/c1-2-23(16-9-12-26(24,25)13-16)18-21-11-8-17(22-18)20-10-7-14-3-5-15(19)6-4-14/h3-6,8,11,16H,2,7,9-10,12-13H2,1H3,(H,20,21,22). The first-order valence-electron chi connectivity index (χ1n) is 8.75. The molecule has 0 bridgehead atoms. The number of sulfone groups is 1. The van der Waals surface area contributed by atoms with Crippen molar-refractivity contribution in [2.75, 3.05) is 34.8 Å². The third kappa shape index (κ3) is 4.86. The first-order chi connectivity index (χ1) is 12.5. The van der Waals surface area contributed by atoms with Gasteiger partial charge in [-0.2, -0.15) is 4.98 Å². The van der Waals surface area contributed by atoms with E-state index >= 15 is 0 Å². The summed E-state index contributed by atoms with van der Waals surface area (Å²) in [5.41, 5.74) is 1.20. The Morgan fingerprint density at radius 1 is 1.27 bits per heavy atom. The van der Waals surface area contributed by atoms with Gasteiger partial charge in [0.25, 0.3) is 0 Å². The molecule has 6 nitrogen and oxygen atoms in total. The Labute approximate surface area is 159 Å². The van der Waals surface area contributed by atoms with E-state index < -0.39 is 9.84 Å². The Kier molecular flexibility index (Phi) is 5.98. The van der Waals surface area contributed by atoms with Gasteiger partial charge in [0.05, 0.1) is 11.5 Å². The molecule has 1 atom stereocenters. The fourth-order valence-electron chi connectivity index (χ4n) is 3.16.